The van der Waals surface area contributed by atoms with Crippen molar-refractivity contribution in [3.05, 3.63) is 28.0 Å². The van der Waals surface area contributed by atoms with Crippen LogP contribution in [0.25, 0.3) is 0 Å². The van der Waals surface area contributed by atoms with Gasteiger partial charge in [-0.1, -0.05) is 19.1 Å². The number of nitrogens with one attached hydrogen (secondary N) is 1. The van der Waals surface area contributed by atoms with Gasteiger partial charge in [-0.15, -0.1) is 16.4 Å². The average Bonchev–Trinajstić information content (AvgIpc) is 3.04. The molecule has 20 heavy (non-hydrogen) atoms. The largest absolute Gasteiger partial charge is 0.308 e. The van der Waals surface area contributed by atoms with Gasteiger partial charge >= 0.3 is 0 Å². The SMILES string of the molecule is CCCNC(Cc1nc(C)cs1)c1cnnn1CCC. The van der Waals surface area contributed by atoms with Gasteiger partial charge in [0.15, 0.2) is 0 Å². The molecule has 0 aliphatic carbocycles. The van der Waals surface area contributed by atoms with Crippen LogP contribution in [0.15, 0.2) is 11.6 Å². The van der Waals surface area contributed by atoms with E-state index in [1.165, 1.54) is 5.01 Å². The molecule has 0 bridgehead atoms. The van der Waals surface area contributed by atoms with Crippen molar-refractivity contribution in [1.82, 2.24) is 25.3 Å². The Morgan fingerprint density at radius 1 is 1.35 bits per heavy atom. The Morgan fingerprint density at radius 3 is 2.85 bits per heavy atom. The van der Waals surface area contributed by atoms with Gasteiger partial charge < -0.3 is 5.32 Å². The molecule has 1 atom stereocenters. The Kier molecular flexibility index (Phi) is 5.67. The summed E-state index contributed by atoms with van der Waals surface area (Å²) in [6.07, 6.45) is 4.95. The summed E-state index contributed by atoms with van der Waals surface area (Å²) < 4.78 is 2.01. The number of aryl methyl sites for hydroxylation is 2. The van der Waals surface area contributed by atoms with Crippen molar-refractivity contribution in [2.75, 3.05) is 6.54 Å². The smallest absolute Gasteiger partial charge is 0.0947 e. The lowest BCUT2D eigenvalue weighted by Crippen LogP contribution is -2.26. The third-order valence-corrected chi connectivity index (χ3v) is 4.12. The Bertz CT molecular complexity index is 519. The molecule has 0 aliphatic heterocycles. The minimum Gasteiger partial charge on any atom is -0.308 e. The van der Waals surface area contributed by atoms with Crippen LogP contribution in [0, 0.1) is 6.92 Å². The van der Waals surface area contributed by atoms with Gasteiger partial charge in [-0.25, -0.2) is 9.67 Å². The van der Waals surface area contributed by atoms with Gasteiger partial charge in [-0.05, 0) is 26.3 Å². The predicted octanol–water partition coefficient (Wildman–Crippen LogP) is 2.74. The van der Waals surface area contributed by atoms with Crippen molar-refractivity contribution in [2.24, 2.45) is 0 Å². The standard InChI is InChI=1S/C14H23N5S/c1-4-6-15-12(8-14-17-11(3)10-20-14)13-9-16-18-19(13)7-5-2/h9-10,12,15H,4-8H2,1-3H3. The lowest BCUT2D eigenvalue weighted by Gasteiger charge is -2.18. The van der Waals surface area contributed by atoms with Gasteiger partial charge in [-0.2, -0.15) is 0 Å². The molecule has 0 spiro atoms. The molecule has 0 saturated heterocycles. The minimum absolute atomic E-state index is 0.238. The van der Waals surface area contributed by atoms with E-state index in [9.17, 15) is 0 Å². The maximum absolute atomic E-state index is 4.57. The maximum atomic E-state index is 4.57. The van der Waals surface area contributed by atoms with Gasteiger partial charge in [0.25, 0.3) is 0 Å². The summed E-state index contributed by atoms with van der Waals surface area (Å²) >= 11 is 1.73. The number of thiazole rings is 1. The number of aromatic nitrogens is 4. The molecule has 2 aromatic rings. The lowest BCUT2D eigenvalue weighted by molar-refractivity contribution is 0.464. The molecule has 0 amide bonds. The lowest BCUT2D eigenvalue weighted by atomic mass is 10.1. The van der Waals surface area contributed by atoms with E-state index in [2.05, 4.69) is 39.8 Å². The van der Waals surface area contributed by atoms with Crippen molar-refractivity contribution in [1.29, 1.82) is 0 Å². The van der Waals surface area contributed by atoms with Crippen LogP contribution in [-0.2, 0) is 13.0 Å². The third kappa shape index (κ3) is 3.86. The second kappa shape index (κ2) is 7.50. The number of nitrogens with zero attached hydrogens (tertiary/aromatic N) is 4. The van der Waals surface area contributed by atoms with Crippen molar-refractivity contribution in [2.45, 2.75) is 52.6 Å². The highest BCUT2D eigenvalue weighted by Gasteiger charge is 2.18. The van der Waals surface area contributed by atoms with E-state index < -0.39 is 0 Å². The number of rotatable bonds is 8. The van der Waals surface area contributed by atoms with Gasteiger partial charge in [0.05, 0.1) is 22.9 Å². The van der Waals surface area contributed by atoms with Crippen LogP contribution in [0.3, 0.4) is 0 Å². The second-order valence-electron chi connectivity index (χ2n) is 4.98. The molecule has 6 heteroatoms. The molecular formula is C14H23N5S. The molecule has 0 aliphatic rings. The van der Waals surface area contributed by atoms with Gasteiger partial charge in [-0.3, -0.25) is 0 Å². The van der Waals surface area contributed by atoms with Gasteiger partial charge in [0.2, 0.25) is 0 Å². The zero-order valence-corrected chi connectivity index (χ0v) is 13.3. The normalized spacial score (nSPS) is 12.8. The van der Waals surface area contributed by atoms with Crippen LogP contribution < -0.4 is 5.32 Å². The van der Waals surface area contributed by atoms with E-state index >= 15 is 0 Å². The molecular weight excluding hydrogens is 270 g/mol. The summed E-state index contributed by atoms with van der Waals surface area (Å²) in [5.74, 6) is 0. The Morgan fingerprint density at radius 2 is 2.20 bits per heavy atom. The summed E-state index contributed by atoms with van der Waals surface area (Å²) in [5.41, 5.74) is 2.26. The molecule has 0 saturated carbocycles. The zero-order valence-electron chi connectivity index (χ0n) is 12.5. The first-order valence-electron chi connectivity index (χ1n) is 7.27. The summed E-state index contributed by atoms with van der Waals surface area (Å²) in [6.45, 7) is 8.28. The highest BCUT2D eigenvalue weighted by atomic mass is 32.1. The molecule has 0 fully saturated rings. The summed E-state index contributed by atoms with van der Waals surface area (Å²) in [4.78, 5) is 4.57. The maximum Gasteiger partial charge on any atom is 0.0947 e. The molecule has 2 rings (SSSR count). The van der Waals surface area contributed by atoms with E-state index in [0.29, 0.717) is 0 Å². The molecule has 2 heterocycles. The first kappa shape index (κ1) is 15.1. The van der Waals surface area contributed by atoms with Crippen LogP contribution in [0.1, 0.15) is 49.1 Å². The fourth-order valence-electron chi connectivity index (χ4n) is 2.19. The molecule has 5 nitrogen and oxygen atoms in total. The Labute approximate surface area is 124 Å². The van der Waals surface area contributed by atoms with E-state index in [-0.39, 0.29) is 6.04 Å². The average molecular weight is 293 g/mol. The van der Waals surface area contributed by atoms with E-state index in [0.717, 1.165) is 43.7 Å². The summed E-state index contributed by atoms with van der Waals surface area (Å²) in [6, 6.07) is 0.238. The van der Waals surface area contributed by atoms with Crippen LogP contribution in [0.4, 0.5) is 0 Å². The molecule has 1 unspecified atom stereocenters. The Hall–Kier alpha value is -1.27. The highest BCUT2D eigenvalue weighted by Crippen LogP contribution is 2.20. The zero-order chi connectivity index (χ0) is 14.4. The monoisotopic (exact) mass is 293 g/mol. The quantitative estimate of drug-likeness (QED) is 0.813. The van der Waals surface area contributed by atoms with Crippen molar-refractivity contribution in [3.63, 3.8) is 0 Å². The second-order valence-corrected chi connectivity index (χ2v) is 5.92. The third-order valence-electron chi connectivity index (χ3n) is 3.13. The molecule has 0 aromatic carbocycles. The van der Waals surface area contributed by atoms with Crippen LogP contribution >= 0.6 is 11.3 Å². The van der Waals surface area contributed by atoms with Gasteiger partial charge in [0, 0.05) is 24.0 Å². The van der Waals surface area contributed by atoms with Crippen molar-refractivity contribution in [3.8, 4) is 0 Å². The fraction of sp³-hybridized carbons (Fsp3) is 0.643. The van der Waals surface area contributed by atoms with Crippen molar-refractivity contribution >= 4 is 11.3 Å². The first-order valence-corrected chi connectivity index (χ1v) is 8.15. The van der Waals surface area contributed by atoms with E-state index in [1.807, 2.05) is 17.8 Å². The predicted molar refractivity (Wildman–Crippen MR) is 81.9 cm³/mol. The van der Waals surface area contributed by atoms with Crippen LogP contribution in [0.2, 0.25) is 0 Å². The Balaban J connectivity index is 2.15. The summed E-state index contributed by atoms with van der Waals surface area (Å²) in [7, 11) is 0. The van der Waals surface area contributed by atoms with E-state index in [4.69, 9.17) is 0 Å². The van der Waals surface area contributed by atoms with Crippen molar-refractivity contribution < 1.29 is 0 Å². The van der Waals surface area contributed by atoms with E-state index in [1.54, 1.807) is 11.3 Å². The first-order chi connectivity index (χ1) is 9.74. The highest BCUT2D eigenvalue weighted by molar-refractivity contribution is 7.09. The van der Waals surface area contributed by atoms with Crippen LogP contribution in [-0.4, -0.2) is 26.5 Å². The summed E-state index contributed by atoms with van der Waals surface area (Å²) in [5, 5.41) is 15.1. The number of hydrogen-bond donors (Lipinski definition) is 1. The molecule has 1 N–H and O–H groups in total. The van der Waals surface area contributed by atoms with Gasteiger partial charge in [0.1, 0.15) is 0 Å². The molecule has 0 radical (unpaired) electrons. The fourth-order valence-corrected chi connectivity index (χ4v) is 3.01. The topological polar surface area (TPSA) is 55.6 Å². The molecule has 110 valence electrons. The molecule has 2 aromatic heterocycles. The minimum atomic E-state index is 0.238. The van der Waals surface area contributed by atoms with Crippen LogP contribution in [0.5, 0.6) is 0 Å². The number of hydrogen-bond acceptors (Lipinski definition) is 5.